The molecule has 0 spiro atoms. The number of piperidine rings is 2. The summed E-state index contributed by atoms with van der Waals surface area (Å²) in [6.45, 7) is 4.24. The summed E-state index contributed by atoms with van der Waals surface area (Å²) in [6.07, 6.45) is -1.30. The summed E-state index contributed by atoms with van der Waals surface area (Å²) in [6, 6.07) is 10.2. The van der Waals surface area contributed by atoms with E-state index in [4.69, 9.17) is 16.3 Å². The topological polar surface area (TPSA) is 97.5 Å². The molecule has 4 amide bonds. The Morgan fingerprint density at radius 3 is 2.29 bits per heavy atom. The monoisotopic (exact) mass is 704 g/mol. The molecule has 3 fully saturated rings. The number of alkyl halides is 3. The molecule has 4 aliphatic heterocycles. The van der Waals surface area contributed by atoms with Crippen molar-refractivity contribution in [3.63, 3.8) is 0 Å². The molecule has 0 bridgehead atoms. The van der Waals surface area contributed by atoms with Gasteiger partial charge in [-0.2, -0.15) is 13.2 Å². The van der Waals surface area contributed by atoms with Gasteiger partial charge in [0.15, 0.2) is 6.10 Å². The van der Waals surface area contributed by atoms with Crippen LogP contribution in [0.15, 0.2) is 36.4 Å². The summed E-state index contributed by atoms with van der Waals surface area (Å²) in [5.74, 6) is -0.425. The fourth-order valence-corrected chi connectivity index (χ4v) is 8.04. The van der Waals surface area contributed by atoms with Crippen LogP contribution < -0.4 is 10.6 Å². The lowest BCUT2D eigenvalue weighted by atomic mass is 9.99. The SMILES string of the molecule is CNc1c(Cl)cc(CC(OC(=O)N2CCC(N3CCc4ccccc4NC3=O)CC2)C(=O)N2CCC(N3CCCC3)CC2)cc1C(F)(F)F. The van der Waals surface area contributed by atoms with Crippen LogP contribution in [-0.4, -0.2) is 109 Å². The number of hydrogen-bond acceptors (Lipinski definition) is 6. The molecule has 266 valence electrons. The number of nitrogens with zero attached hydrogens (tertiary/aromatic N) is 4. The van der Waals surface area contributed by atoms with Gasteiger partial charge < -0.3 is 35.0 Å². The highest BCUT2D eigenvalue weighted by Gasteiger charge is 2.38. The quantitative estimate of drug-likeness (QED) is 0.362. The number of halogens is 4. The van der Waals surface area contributed by atoms with Gasteiger partial charge in [0.1, 0.15) is 0 Å². The smallest absolute Gasteiger partial charge is 0.418 e. The lowest BCUT2D eigenvalue weighted by Gasteiger charge is -2.39. The molecule has 0 radical (unpaired) electrons. The highest BCUT2D eigenvalue weighted by atomic mass is 35.5. The first kappa shape index (κ1) is 35.1. The molecule has 3 saturated heterocycles. The van der Waals surface area contributed by atoms with Crippen LogP contribution in [0.5, 0.6) is 0 Å². The van der Waals surface area contributed by atoms with E-state index in [1.54, 1.807) is 4.90 Å². The number of likely N-dealkylation sites (tertiary alicyclic amines) is 3. The van der Waals surface area contributed by atoms with Gasteiger partial charge in [0, 0.05) is 64.0 Å². The first-order valence-electron chi connectivity index (χ1n) is 17.2. The number of rotatable bonds is 7. The highest BCUT2D eigenvalue weighted by molar-refractivity contribution is 6.33. The molecule has 1 atom stereocenters. The maximum atomic E-state index is 14.0. The van der Waals surface area contributed by atoms with Crippen LogP contribution in [0.4, 0.5) is 34.1 Å². The number of hydrogen-bond donors (Lipinski definition) is 2. The van der Waals surface area contributed by atoms with Crippen molar-refractivity contribution in [1.82, 2.24) is 19.6 Å². The Morgan fingerprint density at radius 1 is 0.959 bits per heavy atom. The summed E-state index contributed by atoms with van der Waals surface area (Å²) < 4.78 is 47.8. The number of ether oxygens (including phenoxy) is 1. The van der Waals surface area contributed by atoms with Gasteiger partial charge in [-0.25, -0.2) is 9.59 Å². The fourth-order valence-electron chi connectivity index (χ4n) is 7.71. The predicted molar refractivity (Wildman–Crippen MR) is 181 cm³/mol. The Kier molecular flexibility index (Phi) is 10.8. The molecule has 4 heterocycles. The van der Waals surface area contributed by atoms with Crippen molar-refractivity contribution in [2.45, 2.75) is 75.7 Å². The van der Waals surface area contributed by atoms with E-state index in [0.29, 0.717) is 58.0 Å². The van der Waals surface area contributed by atoms with Gasteiger partial charge in [-0.15, -0.1) is 0 Å². The minimum absolute atomic E-state index is 0.0821. The van der Waals surface area contributed by atoms with E-state index in [2.05, 4.69) is 15.5 Å². The zero-order chi connectivity index (χ0) is 34.7. The van der Waals surface area contributed by atoms with E-state index >= 15 is 0 Å². The first-order chi connectivity index (χ1) is 23.5. The van der Waals surface area contributed by atoms with Crippen molar-refractivity contribution in [2.75, 3.05) is 63.5 Å². The van der Waals surface area contributed by atoms with E-state index in [1.165, 1.54) is 30.9 Å². The molecule has 2 N–H and O–H groups in total. The molecule has 2 aromatic rings. The maximum absolute atomic E-state index is 14.0. The van der Waals surface area contributed by atoms with Crippen LogP contribution in [0.1, 0.15) is 55.2 Å². The van der Waals surface area contributed by atoms with Crippen molar-refractivity contribution in [3.8, 4) is 0 Å². The zero-order valence-corrected chi connectivity index (χ0v) is 28.5. The minimum Gasteiger partial charge on any atom is -0.436 e. The zero-order valence-electron chi connectivity index (χ0n) is 27.7. The molecule has 0 aliphatic carbocycles. The van der Waals surface area contributed by atoms with E-state index < -0.39 is 29.8 Å². The normalized spacial score (nSPS) is 20.4. The Morgan fingerprint density at radius 2 is 1.61 bits per heavy atom. The largest absolute Gasteiger partial charge is 0.436 e. The number of urea groups is 1. The predicted octanol–water partition coefficient (Wildman–Crippen LogP) is 6.09. The van der Waals surface area contributed by atoms with Crippen LogP contribution in [0.3, 0.4) is 0 Å². The van der Waals surface area contributed by atoms with Crippen LogP contribution in [0.2, 0.25) is 5.02 Å². The Hall–Kier alpha value is -3.71. The summed E-state index contributed by atoms with van der Waals surface area (Å²) >= 11 is 6.27. The lowest BCUT2D eigenvalue weighted by molar-refractivity contribution is -0.142. The van der Waals surface area contributed by atoms with Gasteiger partial charge in [0.25, 0.3) is 5.91 Å². The molecule has 49 heavy (non-hydrogen) atoms. The molecule has 1 unspecified atom stereocenters. The van der Waals surface area contributed by atoms with Gasteiger partial charge in [-0.1, -0.05) is 29.8 Å². The summed E-state index contributed by atoms with van der Waals surface area (Å²) in [4.78, 5) is 48.1. The highest BCUT2D eigenvalue weighted by Crippen LogP contribution is 2.40. The van der Waals surface area contributed by atoms with Crippen LogP contribution in [0, 0.1) is 0 Å². The van der Waals surface area contributed by atoms with Crippen molar-refractivity contribution >= 4 is 41.0 Å². The summed E-state index contributed by atoms with van der Waals surface area (Å²) in [7, 11) is 1.36. The molecule has 0 saturated carbocycles. The van der Waals surface area contributed by atoms with E-state index in [0.717, 1.165) is 43.2 Å². The maximum Gasteiger partial charge on any atom is 0.418 e. The van der Waals surface area contributed by atoms with Gasteiger partial charge in [0.05, 0.1) is 16.3 Å². The molecular weight excluding hydrogens is 661 g/mol. The number of fused-ring (bicyclic) bond motifs is 1. The van der Waals surface area contributed by atoms with Crippen molar-refractivity contribution in [3.05, 3.63) is 58.1 Å². The van der Waals surface area contributed by atoms with Crippen molar-refractivity contribution < 1.29 is 32.3 Å². The third-order valence-corrected chi connectivity index (χ3v) is 10.7. The molecule has 2 aromatic carbocycles. The molecule has 14 heteroatoms. The number of carbonyl (C=O) groups excluding carboxylic acids is 3. The average Bonchev–Trinajstić information content (AvgIpc) is 3.58. The van der Waals surface area contributed by atoms with Crippen molar-refractivity contribution in [1.29, 1.82) is 0 Å². The van der Waals surface area contributed by atoms with Gasteiger partial charge >= 0.3 is 18.3 Å². The van der Waals surface area contributed by atoms with Crippen LogP contribution in [-0.2, 0) is 28.5 Å². The van der Waals surface area contributed by atoms with Crippen LogP contribution in [0.25, 0.3) is 0 Å². The molecule has 4 aliphatic rings. The molecule has 0 aromatic heterocycles. The Labute approximate surface area is 289 Å². The number of para-hydroxylation sites is 1. The van der Waals surface area contributed by atoms with Gasteiger partial charge in [0.2, 0.25) is 0 Å². The summed E-state index contributed by atoms with van der Waals surface area (Å²) in [5, 5.41) is 5.37. The number of nitrogens with one attached hydrogen (secondary N) is 2. The second kappa shape index (κ2) is 15.0. The van der Waals surface area contributed by atoms with E-state index in [9.17, 15) is 27.6 Å². The lowest BCUT2D eigenvalue weighted by Crippen LogP contribution is -2.52. The second-order valence-electron chi connectivity index (χ2n) is 13.4. The standard InChI is InChI=1S/C35H44ClF3N6O4/c1-40-31-27(35(37,38)39)20-23(21-28(31)36)22-30(32(46)43-15-9-25(10-16-43)42-13-4-5-14-42)49-34(48)44-17-11-26(12-18-44)45-19-8-24-6-2-3-7-29(24)41-33(45)47/h2-3,6-7,20-21,25-26,30,40H,4-5,8-19,22H2,1H3,(H,41,47). The van der Waals surface area contributed by atoms with Gasteiger partial charge in [-0.3, -0.25) is 4.79 Å². The number of benzene rings is 2. The van der Waals surface area contributed by atoms with Crippen LogP contribution >= 0.6 is 11.6 Å². The number of carbonyl (C=O) groups is 3. The minimum atomic E-state index is -4.69. The number of anilines is 2. The van der Waals surface area contributed by atoms with E-state index in [-0.39, 0.29) is 34.8 Å². The molecular formula is C35H44ClF3N6O4. The Bertz CT molecular complexity index is 1520. The average molecular weight is 705 g/mol. The fraction of sp³-hybridized carbons (Fsp3) is 0.571. The third-order valence-electron chi connectivity index (χ3n) is 10.4. The third kappa shape index (κ3) is 8.03. The second-order valence-corrected chi connectivity index (χ2v) is 13.8. The first-order valence-corrected chi connectivity index (χ1v) is 17.6. The summed E-state index contributed by atoms with van der Waals surface area (Å²) in [5.41, 5.74) is 0.799. The molecule has 10 nitrogen and oxygen atoms in total. The number of amides is 4. The van der Waals surface area contributed by atoms with E-state index in [1.807, 2.05) is 29.2 Å². The van der Waals surface area contributed by atoms with Crippen molar-refractivity contribution in [2.24, 2.45) is 0 Å². The Balaban J connectivity index is 1.14. The van der Waals surface area contributed by atoms with Gasteiger partial charge in [-0.05, 0) is 87.4 Å². The molecule has 6 rings (SSSR count).